The van der Waals surface area contributed by atoms with Crippen LogP contribution in [0.3, 0.4) is 0 Å². The first-order valence-electron chi connectivity index (χ1n) is 12.3. The summed E-state index contributed by atoms with van der Waals surface area (Å²) in [5.41, 5.74) is 6.55. The molecular weight excluding hydrogens is 446 g/mol. The van der Waals surface area contributed by atoms with Crippen LogP contribution in [0.4, 0.5) is 0 Å². The number of carboxylic acid groups (broad SMARTS) is 1. The second-order valence-electron chi connectivity index (χ2n) is 9.16. The first-order valence-corrected chi connectivity index (χ1v) is 12.3. The number of aliphatic carboxylic acids is 1. The lowest BCUT2D eigenvalue weighted by molar-refractivity contribution is -0.138. The molecule has 0 aliphatic heterocycles. The smallest absolute Gasteiger partial charge is 0.305 e. The van der Waals surface area contributed by atoms with Gasteiger partial charge in [0.1, 0.15) is 5.75 Å². The van der Waals surface area contributed by atoms with Crippen LogP contribution in [0.15, 0.2) is 103 Å². The third-order valence-electron chi connectivity index (χ3n) is 6.78. The van der Waals surface area contributed by atoms with E-state index in [0.717, 1.165) is 39.1 Å². The quantitative estimate of drug-likeness (QED) is 0.257. The molecule has 0 aliphatic carbocycles. The van der Waals surface area contributed by atoms with E-state index in [1.807, 2.05) is 60.7 Å². The Morgan fingerprint density at radius 3 is 2.19 bits per heavy atom. The summed E-state index contributed by atoms with van der Waals surface area (Å²) in [6.07, 6.45) is 0.00452. The highest BCUT2D eigenvalue weighted by Gasteiger charge is 2.28. The molecule has 4 heteroatoms. The van der Waals surface area contributed by atoms with Crippen LogP contribution in [0.25, 0.3) is 11.1 Å². The number of nitrogens with zero attached hydrogens (tertiary/aromatic N) is 1. The molecule has 0 bridgehead atoms. The number of ether oxygens (including phenoxy) is 1. The van der Waals surface area contributed by atoms with E-state index in [1.165, 1.54) is 0 Å². The molecule has 0 aromatic heterocycles. The van der Waals surface area contributed by atoms with Gasteiger partial charge in [-0.1, -0.05) is 84.9 Å². The van der Waals surface area contributed by atoms with Crippen molar-refractivity contribution < 1.29 is 14.6 Å². The molecule has 0 fully saturated rings. The van der Waals surface area contributed by atoms with Gasteiger partial charge in [0.25, 0.3) is 0 Å². The molecule has 2 atom stereocenters. The Balaban J connectivity index is 1.80. The van der Waals surface area contributed by atoms with Crippen LogP contribution in [0.2, 0.25) is 0 Å². The van der Waals surface area contributed by atoms with E-state index in [-0.39, 0.29) is 18.5 Å². The summed E-state index contributed by atoms with van der Waals surface area (Å²) < 4.78 is 5.46. The van der Waals surface area contributed by atoms with Gasteiger partial charge in [-0.15, -0.1) is 0 Å². The minimum Gasteiger partial charge on any atom is -0.497 e. The summed E-state index contributed by atoms with van der Waals surface area (Å²) >= 11 is 0. The fourth-order valence-electron chi connectivity index (χ4n) is 4.78. The highest BCUT2D eigenvalue weighted by atomic mass is 16.5. The second-order valence-corrected chi connectivity index (χ2v) is 9.16. The van der Waals surface area contributed by atoms with E-state index < -0.39 is 5.97 Å². The zero-order valence-electron chi connectivity index (χ0n) is 21.1. The Morgan fingerprint density at radius 2 is 1.53 bits per heavy atom. The maximum absolute atomic E-state index is 12.1. The topological polar surface area (TPSA) is 49.8 Å². The van der Waals surface area contributed by atoms with Crippen LogP contribution < -0.4 is 4.74 Å². The van der Waals surface area contributed by atoms with Crippen LogP contribution in [-0.4, -0.2) is 23.1 Å². The van der Waals surface area contributed by atoms with E-state index in [1.54, 1.807) is 7.11 Å². The predicted molar refractivity (Wildman–Crippen MR) is 145 cm³/mol. The van der Waals surface area contributed by atoms with Crippen molar-refractivity contribution in [3.05, 3.63) is 125 Å². The minimum atomic E-state index is -0.818. The van der Waals surface area contributed by atoms with Gasteiger partial charge in [-0.3, -0.25) is 9.69 Å². The zero-order valence-corrected chi connectivity index (χ0v) is 21.1. The largest absolute Gasteiger partial charge is 0.497 e. The van der Waals surface area contributed by atoms with Crippen molar-refractivity contribution >= 4 is 5.97 Å². The lowest BCUT2D eigenvalue weighted by Gasteiger charge is -2.37. The van der Waals surface area contributed by atoms with Crippen molar-refractivity contribution in [2.75, 3.05) is 7.11 Å². The SMILES string of the molecule is COc1ccc(C)c(-c2cccc(C(CC(=O)O)N(Cc3ccccc3)[C@H](C)c3ccccc3)c2)c1. The molecule has 0 amide bonds. The third kappa shape index (κ3) is 6.02. The molecule has 4 rings (SSSR count). The number of methoxy groups -OCH3 is 1. The Morgan fingerprint density at radius 1 is 0.861 bits per heavy atom. The number of carbonyl (C=O) groups is 1. The molecule has 4 aromatic rings. The first-order chi connectivity index (χ1) is 17.5. The van der Waals surface area contributed by atoms with Gasteiger partial charge in [-0.05, 0) is 65.4 Å². The highest BCUT2D eigenvalue weighted by Crippen LogP contribution is 2.37. The summed E-state index contributed by atoms with van der Waals surface area (Å²) in [7, 11) is 1.67. The minimum absolute atomic E-state index is 0.00452. The van der Waals surface area contributed by atoms with Gasteiger partial charge in [0, 0.05) is 18.6 Å². The lowest BCUT2D eigenvalue weighted by atomic mass is 9.93. The van der Waals surface area contributed by atoms with Crippen molar-refractivity contribution in [2.45, 2.75) is 38.9 Å². The number of carboxylic acids is 1. The van der Waals surface area contributed by atoms with Gasteiger partial charge >= 0.3 is 5.97 Å². The molecule has 4 aromatic carbocycles. The fraction of sp³-hybridized carbons (Fsp3) is 0.219. The van der Waals surface area contributed by atoms with Crippen LogP contribution in [0, 0.1) is 6.92 Å². The van der Waals surface area contributed by atoms with Gasteiger partial charge in [0.05, 0.1) is 13.5 Å². The van der Waals surface area contributed by atoms with Crippen LogP contribution in [0.1, 0.15) is 47.7 Å². The standard InChI is InChI=1S/C32H33NO3/c1-23-17-18-29(36-3)20-30(23)27-15-10-16-28(19-27)31(21-32(34)35)33(22-25-11-6-4-7-12-25)24(2)26-13-8-5-9-14-26/h4-20,24,31H,21-22H2,1-3H3,(H,34,35)/t24-,31?/m1/s1. The van der Waals surface area contributed by atoms with Gasteiger partial charge in [0.15, 0.2) is 0 Å². The number of rotatable bonds is 10. The Hall–Kier alpha value is -3.89. The van der Waals surface area contributed by atoms with Crippen molar-refractivity contribution in [3.8, 4) is 16.9 Å². The van der Waals surface area contributed by atoms with Crippen molar-refractivity contribution in [1.29, 1.82) is 0 Å². The monoisotopic (exact) mass is 479 g/mol. The third-order valence-corrected chi connectivity index (χ3v) is 6.78. The van der Waals surface area contributed by atoms with Crippen LogP contribution in [0.5, 0.6) is 5.75 Å². The van der Waals surface area contributed by atoms with Gasteiger partial charge in [-0.2, -0.15) is 0 Å². The molecule has 1 N–H and O–H groups in total. The summed E-state index contributed by atoms with van der Waals surface area (Å²) in [5, 5.41) is 9.97. The maximum Gasteiger partial charge on any atom is 0.305 e. The van der Waals surface area contributed by atoms with Crippen molar-refractivity contribution in [1.82, 2.24) is 4.90 Å². The van der Waals surface area contributed by atoms with Gasteiger partial charge in [0.2, 0.25) is 0 Å². The summed E-state index contributed by atoms with van der Waals surface area (Å²) in [4.78, 5) is 14.5. The van der Waals surface area contributed by atoms with Crippen molar-refractivity contribution in [2.24, 2.45) is 0 Å². The first kappa shape index (κ1) is 25.2. The molecule has 0 saturated carbocycles. The Kier molecular flexibility index (Phi) is 8.19. The highest BCUT2D eigenvalue weighted by molar-refractivity contribution is 5.71. The van der Waals surface area contributed by atoms with E-state index in [0.29, 0.717) is 6.54 Å². The molecule has 0 spiro atoms. The normalized spacial score (nSPS) is 12.8. The van der Waals surface area contributed by atoms with Crippen molar-refractivity contribution in [3.63, 3.8) is 0 Å². The number of aryl methyl sites for hydroxylation is 1. The molecule has 0 heterocycles. The molecule has 0 radical (unpaired) electrons. The molecule has 0 saturated heterocycles. The maximum atomic E-state index is 12.1. The van der Waals surface area contributed by atoms with Crippen LogP contribution >= 0.6 is 0 Å². The number of benzene rings is 4. The van der Waals surface area contributed by atoms with Crippen LogP contribution in [-0.2, 0) is 11.3 Å². The Labute approximate surface area is 213 Å². The molecule has 36 heavy (non-hydrogen) atoms. The molecule has 0 aliphatic rings. The molecule has 4 nitrogen and oxygen atoms in total. The van der Waals surface area contributed by atoms with E-state index in [2.05, 4.69) is 61.2 Å². The fourth-order valence-corrected chi connectivity index (χ4v) is 4.78. The van der Waals surface area contributed by atoms with Gasteiger partial charge < -0.3 is 9.84 Å². The average Bonchev–Trinajstić information content (AvgIpc) is 2.91. The summed E-state index contributed by atoms with van der Waals surface area (Å²) in [6.45, 7) is 4.87. The molecular formula is C32H33NO3. The number of hydrogen-bond donors (Lipinski definition) is 1. The molecule has 184 valence electrons. The van der Waals surface area contributed by atoms with E-state index in [9.17, 15) is 9.90 Å². The predicted octanol–water partition coefficient (Wildman–Crippen LogP) is 7.45. The summed E-state index contributed by atoms with van der Waals surface area (Å²) in [5.74, 6) is -0.0206. The van der Waals surface area contributed by atoms with E-state index in [4.69, 9.17) is 4.74 Å². The Bertz CT molecular complexity index is 1290. The summed E-state index contributed by atoms with van der Waals surface area (Å²) in [6, 6.07) is 34.5. The molecule has 1 unspecified atom stereocenters. The second kappa shape index (κ2) is 11.7. The zero-order chi connectivity index (χ0) is 25.5. The average molecular weight is 480 g/mol. The number of hydrogen-bond acceptors (Lipinski definition) is 3. The lowest BCUT2D eigenvalue weighted by Crippen LogP contribution is -2.32. The van der Waals surface area contributed by atoms with E-state index >= 15 is 0 Å². The van der Waals surface area contributed by atoms with Gasteiger partial charge in [-0.25, -0.2) is 0 Å².